The molecule has 0 spiro atoms. The van der Waals surface area contributed by atoms with Crippen LogP contribution in [0.3, 0.4) is 0 Å². The molecule has 0 heterocycles. The zero-order valence-electron chi connectivity index (χ0n) is 7.70. The number of hydrogen-bond donors (Lipinski definition) is 1. The lowest BCUT2D eigenvalue weighted by Gasteiger charge is -2.01. The molecule has 0 aliphatic carbocycles. The summed E-state index contributed by atoms with van der Waals surface area (Å²) in [6.45, 7) is 1.41. The van der Waals surface area contributed by atoms with Crippen molar-refractivity contribution in [2.75, 3.05) is 0 Å². The van der Waals surface area contributed by atoms with Crippen molar-refractivity contribution < 1.29 is 10.0 Å². The highest BCUT2D eigenvalue weighted by Crippen LogP contribution is 2.33. The van der Waals surface area contributed by atoms with Crippen molar-refractivity contribution >= 4 is 37.9 Å². The van der Waals surface area contributed by atoms with Gasteiger partial charge in [-0.2, -0.15) is 0 Å². The van der Waals surface area contributed by atoms with Crippen molar-refractivity contribution in [2.24, 2.45) is 0 Å². The number of phenolic OH excluding ortho intramolecular Hbond substituents is 1. The normalized spacial score (nSPS) is 11.5. The summed E-state index contributed by atoms with van der Waals surface area (Å²) >= 11 is 6.29. The van der Waals surface area contributed by atoms with Gasteiger partial charge < -0.3 is 5.11 Å². The van der Waals surface area contributed by atoms with Crippen LogP contribution in [0.5, 0.6) is 5.75 Å². The smallest absolute Gasteiger partial charge is 0.243 e. The minimum Gasteiger partial charge on any atom is -0.506 e. The van der Waals surface area contributed by atoms with Crippen LogP contribution < -0.4 is 0 Å². The Balaban J connectivity index is 3.18. The van der Waals surface area contributed by atoms with Crippen LogP contribution in [0.15, 0.2) is 26.8 Å². The number of hydrogen-bond acceptors (Lipinski definition) is 3. The molecular formula is C9H7Br2NO3. The third kappa shape index (κ3) is 3.04. The van der Waals surface area contributed by atoms with Gasteiger partial charge in [0.05, 0.1) is 13.9 Å². The number of nitro groups is 1. The molecule has 6 heteroatoms. The fourth-order valence-electron chi connectivity index (χ4n) is 0.962. The number of rotatable bonds is 2. The highest BCUT2D eigenvalue weighted by molar-refractivity contribution is 9.11. The first kappa shape index (κ1) is 12.2. The maximum Gasteiger partial charge on any atom is 0.243 e. The molecule has 0 aromatic heterocycles. The van der Waals surface area contributed by atoms with Gasteiger partial charge in [0.2, 0.25) is 5.70 Å². The molecule has 1 rings (SSSR count). The molecule has 1 aromatic rings. The zero-order chi connectivity index (χ0) is 11.6. The summed E-state index contributed by atoms with van der Waals surface area (Å²) in [5.74, 6) is 0.0749. The average Bonchev–Trinajstić information content (AvgIpc) is 2.13. The minimum absolute atomic E-state index is 0.0412. The van der Waals surface area contributed by atoms with Gasteiger partial charge in [-0.25, -0.2) is 0 Å². The summed E-state index contributed by atoms with van der Waals surface area (Å²) in [5, 5.41) is 19.8. The van der Waals surface area contributed by atoms with Crippen LogP contribution in [-0.2, 0) is 0 Å². The quantitative estimate of drug-likeness (QED) is 0.663. The van der Waals surface area contributed by atoms with Crippen molar-refractivity contribution in [3.05, 3.63) is 42.5 Å². The van der Waals surface area contributed by atoms with E-state index in [-0.39, 0.29) is 11.4 Å². The number of allylic oxidation sites excluding steroid dienone is 1. The molecule has 0 atom stereocenters. The molecule has 1 aromatic carbocycles. The molecule has 80 valence electrons. The van der Waals surface area contributed by atoms with Crippen LogP contribution in [0, 0.1) is 10.1 Å². The van der Waals surface area contributed by atoms with Crippen molar-refractivity contribution in [2.45, 2.75) is 6.92 Å². The maximum atomic E-state index is 10.4. The monoisotopic (exact) mass is 335 g/mol. The number of aromatic hydroxyl groups is 1. The van der Waals surface area contributed by atoms with Crippen molar-refractivity contribution in [1.29, 1.82) is 0 Å². The lowest BCUT2D eigenvalue weighted by atomic mass is 10.2. The van der Waals surface area contributed by atoms with E-state index in [2.05, 4.69) is 31.9 Å². The third-order valence-corrected chi connectivity index (χ3v) is 2.91. The predicted molar refractivity (Wildman–Crippen MR) is 64.2 cm³/mol. The fraction of sp³-hybridized carbons (Fsp3) is 0.111. The van der Waals surface area contributed by atoms with E-state index in [4.69, 9.17) is 0 Å². The summed E-state index contributed by atoms with van der Waals surface area (Å²) < 4.78 is 0.971. The first-order valence-electron chi connectivity index (χ1n) is 3.92. The van der Waals surface area contributed by atoms with Gasteiger partial charge in [0.25, 0.3) is 0 Å². The number of phenols is 1. The van der Waals surface area contributed by atoms with E-state index >= 15 is 0 Å². The minimum atomic E-state index is -0.464. The lowest BCUT2D eigenvalue weighted by Crippen LogP contribution is -1.93. The van der Waals surface area contributed by atoms with Gasteiger partial charge in [0, 0.05) is 13.0 Å². The van der Waals surface area contributed by atoms with Crippen LogP contribution in [0.2, 0.25) is 0 Å². The highest BCUT2D eigenvalue weighted by Gasteiger charge is 2.07. The Labute approximate surface area is 103 Å². The van der Waals surface area contributed by atoms with E-state index in [0.717, 1.165) is 0 Å². The molecule has 1 N–H and O–H groups in total. The van der Waals surface area contributed by atoms with E-state index in [0.29, 0.717) is 14.5 Å². The molecule has 0 fully saturated rings. The van der Waals surface area contributed by atoms with Crippen LogP contribution in [0.25, 0.3) is 6.08 Å². The molecular weight excluding hydrogens is 330 g/mol. The van der Waals surface area contributed by atoms with E-state index < -0.39 is 4.92 Å². The molecule has 0 aliphatic rings. The average molecular weight is 337 g/mol. The largest absolute Gasteiger partial charge is 0.506 e. The third-order valence-electron chi connectivity index (χ3n) is 1.70. The second-order valence-corrected chi connectivity index (χ2v) is 4.58. The van der Waals surface area contributed by atoms with Gasteiger partial charge in [0.1, 0.15) is 5.75 Å². The Kier molecular flexibility index (Phi) is 3.87. The molecule has 0 aliphatic heterocycles. The molecule has 0 saturated carbocycles. The van der Waals surface area contributed by atoms with Crippen LogP contribution in [-0.4, -0.2) is 10.0 Å². The second-order valence-electron chi connectivity index (χ2n) is 2.88. The van der Waals surface area contributed by atoms with Crippen molar-refractivity contribution in [1.82, 2.24) is 0 Å². The SMILES string of the molecule is C/C(=C/c1cc(Br)c(O)c(Br)c1)[N+](=O)[O-]. The Morgan fingerprint density at radius 1 is 1.47 bits per heavy atom. The summed E-state index contributed by atoms with van der Waals surface area (Å²) in [7, 11) is 0. The van der Waals surface area contributed by atoms with Crippen molar-refractivity contribution in [3.63, 3.8) is 0 Å². The summed E-state index contributed by atoms with van der Waals surface area (Å²) in [5.41, 5.74) is 0.681. The fourth-order valence-corrected chi connectivity index (χ4v) is 2.18. The lowest BCUT2D eigenvalue weighted by molar-refractivity contribution is -0.422. The summed E-state index contributed by atoms with van der Waals surface area (Å²) in [6, 6.07) is 3.21. The topological polar surface area (TPSA) is 63.4 Å². The zero-order valence-corrected chi connectivity index (χ0v) is 10.9. The van der Waals surface area contributed by atoms with Gasteiger partial charge in [-0.3, -0.25) is 10.1 Å². The standard InChI is InChI=1S/C9H7Br2NO3/c1-5(12(14)15)2-6-3-7(10)9(13)8(11)4-6/h2-4,13H,1H3/b5-2-. The van der Waals surface area contributed by atoms with Crippen LogP contribution in [0.1, 0.15) is 12.5 Å². The Morgan fingerprint density at radius 3 is 2.33 bits per heavy atom. The molecule has 15 heavy (non-hydrogen) atoms. The summed E-state index contributed by atoms with van der Waals surface area (Å²) in [4.78, 5) is 9.94. The van der Waals surface area contributed by atoms with Gasteiger partial charge in [-0.15, -0.1) is 0 Å². The predicted octanol–water partition coefficient (Wildman–Crippen LogP) is 3.55. The summed E-state index contributed by atoms with van der Waals surface area (Å²) in [6.07, 6.45) is 1.43. The van der Waals surface area contributed by atoms with E-state index in [1.54, 1.807) is 12.1 Å². The molecule has 0 amide bonds. The highest BCUT2D eigenvalue weighted by atomic mass is 79.9. The van der Waals surface area contributed by atoms with Gasteiger partial charge >= 0.3 is 0 Å². The first-order chi connectivity index (χ1) is 6.91. The van der Waals surface area contributed by atoms with E-state index in [1.807, 2.05) is 0 Å². The van der Waals surface area contributed by atoms with Crippen LogP contribution in [0.4, 0.5) is 0 Å². The Hall–Kier alpha value is -0.880. The van der Waals surface area contributed by atoms with E-state index in [9.17, 15) is 15.2 Å². The van der Waals surface area contributed by atoms with Crippen LogP contribution >= 0.6 is 31.9 Å². The first-order valence-corrected chi connectivity index (χ1v) is 5.51. The molecule has 0 saturated heterocycles. The number of halogens is 2. The number of nitrogens with zero attached hydrogens (tertiary/aromatic N) is 1. The molecule has 0 unspecified atom stereocenters. The van der Waals surface area contributed by atoms with Crippen molar-refractivity contribution in [3.8, 4) is 5.75 Å². The molecule has 0 bridgehead atoms. The van der Waals surface area contributed by atoms with E-state index in [1.165, 1.54) is 13.0 Å². The molecule has 4 nitrogen and oxygen atoms in total. The van der Waals surface area contributed by atoms with Gasteiger partial charge in [0.15, 0.2) is 0 Å². The maximum absolute atomic E-state index is 10.4. The number of benzene rings is 1. The Morgan fingerprint density at radius 2 is 1.93 bits per heavy atom. The van der Waals surface area contributed by atoms with Gasteiger partial charge in [-0.1, -0.05) is 0 Å². The van der Waals surface area contributed by atoms with Gasteiger partial charge in [-0.05, 0) is 49.6 Å². The second kappa shape index (κ2) is 4.76. The Bertz CT molecular complexity index is 420. The molecule has 0 radical (unpaired) electrons.